The van der Waals surface area contributed by atoms with Gasteiger partial charge in [-0.05, 0) is 38.7 Å². The van der Waals surface area contributed by atoms with E-state index in [4.69, 9.17) is 11.6 Å². The molecule has 3 aromatic rings. The zero-order valence-electron chi connectivity index (χ0n) is 13.4. The van der Waals surface area contributed by atoms with Gasteiger partial charge in [0.1, 0.15) is 12.1 Å². The molecule has 0 saturated carbocycles. The van der Waals surface area contributed by atoms with Crippen molar-refractivity contribution in [2.45, 2.75) is 13.0 Å². The molecule has 0 radical (unpaired) electrons. The van der Waals surface area contributed by atoms with Crippen molar-refractivity contribution >= 4 is 23.2 Å². The monoisotopic (exact) mass is 330 g/mol. The molecule has 0 aliphatic rings. The van der Waals surface area contributed by atoms with Gasteiger partial charge in [0.05, 0.1) is 6.04 Å². The van der Waals surface area contributed by atoms with E-state index in [2.05, 4.69) is 51.5 Å². The molecule has 0 spiro atoms. The Bertz CT molecular complexity index is 796. The van der Waals surface area contributed by atoms with Crippen molar-refractivity contribution in [3.63, 3.8) is 0 Å². The van der Waals surface area contributed by atoms with E-state index in [-0.39, 0.29) is 6.04 Å². The summed E-state index contributed by atoms with van der Waals surface area (Å²) in [5.41, 5.74) is 2.11. The predicted molar refractivity (Wildman–Crippen MR) is 91.9 cm³/mol. The second-order valence-electron chi connectivity index (χ2n) is 5.67. The minimum Gasteiger partial charge on any atom is -0.368 e. The minimum atomic E-state index is 0.208. The lowest BCUT2D eigenvalue weighted by Gasteiger charge is -2.25. The molecule has 6 nitrogen and oxygen atoms in total. The number of aromatic nitrogens is 4. The Labute approximate surface area is 140 Å². The molecular weight excluding hydrogens is 312 g/mol. The first-order valence-corrected chi connectivity index (χ1v) is 7.75. The minimum absolute atomic E-state index is 0.208. The summed E-state index contributed by atoms with van der Waals surface area (Å²) in [6.45, 7) is 2.68. The molecule has 0 fully saturated rings. The topological polar surface area (TPSA) is 58.4 Å². The number of nitrogens with zero attached hydrogens (tertiary/aromatic N) is 5. The molecule has 3 rings (SSSR count). The van der Waals surface area contributed by atoms with Crippen molar-refractivity contribution in [1.82, 2.24) is 24.5 Å². The fraction of sp³-hybridized carbons (Fsp3) is 0.312. The Morgan fingerprint density at radius 2 is 2.00 bits per heavy atom. The average molecular weight is 331 g/mol. The van der Waals surface area contributed by atoms with E-state index in [0.29, 0.717) is 5.78 Å². The van der Waals surface area contributed by atoms with E-state index in [0.717, 1.165) is 23.1 Å². The summed E-state index contributed by atoms with van der Waals surface area (Å²) in [6, 6.07) is 10.1. The van der Waals surface area contributed by atoms with E-state index in [1.807, 2.05) is 25.1 Å². The number of nitrogens with one attached hydrogen (secondary N) is 1. The molecule has 1 aromatic carbocycles. The molecule has 2 aromatic heterocycles. The molecule has 1 atom stereocenters. The summed E-state index contributed by atoms with van der Waals surface area (Å²) in [4.78, 5) is 10.7. The molecular formula is C16H19ClN6. The van der Waals surface area contributed by atoms with Gasteiger partial charge in [-0.25, -0.2) is 4.98 Å². The summed E-state index contributed by atoms with van der Waals surface area (Å²) >= 11 is 5.98. The number of rotatable bonds is 5. The third kappa shape index (κ3) is 3.43. The molecule has 1 unspecified atom stereocenters. The molecule has 7 heteroatoms. The van der Waals surface area contributed by atoms with Gasteiger partial charge >= 0.3 is 0 Å². The highest BCUT2D eigenvalue weighted by Gasteiger charge is 2.15. The SMILES string of the molecule is Cc1cc(NCC(c2ccc(Cl)cc2)N(C)C)n2ncnc2n1. The van der Waals surface area contributed by atoms with Crippen LogP contribution >= 0.6 is 11.6 Å². The van der Waals surface area contributed by atoms with E-state index in [1.165, 1.54) is 11.9 Å². The van der Waals surface area contributed by atoms with Gasteiger partial charge in [0.25, 0.3) is 5.78 Å². The lowest BCUT2D eigenvalue weighted by molar-refractivity contribution is 0.311. The van der Waals surface area contributed by atoms with Gasteiger partial charge in [-0.3, -0.25) is 0 Å². The van der Waals surface area contributed by atoms with Crippen LogP contribution < -0.4 is 5.32 Å². The first-order valence-electron chi connectivity index (χ1n) is 7.38. The third-order valence-corrected chi connectivity index (χ3v) is 3.99. The van der Waals surface area contributed by atoms with Gasteiger partial charge in [0, 0.05) is 23.3 Å². The Morgan fingerprint density at radius 3 is 2.70 bits per heavy atom. The summed E-state index contributed by atoms with van der Waals surface area (Å²) < 4.78 is 1.71. The normalized spacial score (nSPS) is 12.7. The second-order valence-corrected chi connectivity index (χ2v) is 6.10. The maximum Gasteiger partial charge on any atom is 0.254 e. The van der Waals surface area contributed by atoms with E-state index in [1.54, 1.807) is 4.52 Å². The summed E-state index contributed by atoms with van der Waals surface area (Å²) in [6.07, 6.45) is 1.51. The Kier molecular flexibility index (Phi) is 4.45. The molecule has 0 amide bonds. The molecule has 0 aliphatic heterocycles. The fourth-order valence-electron chi connectivity index (χ4n) is 2.54. The fourth-order valence-corrected chi connectivity index (χ4v) is 2.67. The largest absolute Gasteiger partial charge is 0.368 e. The van der Waals surface area contributed by atoms with Gasteiger partial charge in [0.15, 0.2) is 0 Å². The van der Waals surface area contributed by atoms with Crippen LogP contribution in [0.15, 0.2) is 36.7 Å². The number of halogens is 1. The lowest BCUT2D eigenvalue weighted by Crippen LogP contribution is -2.27. The average Bonchev–Trinajstić information content (AvgIpc) is 2.97. The quantitative estimate of drug-likeness (QED) is 0.779. The third-order valence-electron chi connectivity index (χ3n) is 3.73. The lowest BCUT2D eigenvalue weighted by atomic mass is 10.1. The smallest absolute Gasteiger partial charge is 0.254 e. The second kappa shape index (κ2) is 6.52. The van der Waals surface area contributed by atoms with Crippen molar-refractivity contribution in [2.75, 3.05) is 26.0 Å². The van der Waals surface area contributed by atoms with Crippen molar-refractivity contribution in [3.8, 4) is 0 Å². The molecule has 0 saturated heterocycles. The highest BCUT2D eigenvalue weighted by atomic mass is 35.5. The van der Waals surface area contributed by atoms with Crippen LogP contribution in [0.4, 0.5) is 5.82 Å². The predicted octanol–water partition coefficient (Wildman–Crippen LogP) is 2.80. The molecule has 1 N–H and O–H groups in total. The van der Waals surface area contributed by atoms with Crippen LogP contribution in [0.25, 0.3) is 5.78 Å². The van der Waals surface area contributed by atoms with Crippen molar-refractivity contribution in [2.24, 2.45) is 0 Å². The van der Waals surface area contributed by atoms with E-state index < -0.39 is 0 Å². The van der Waals surface area contributed by atoms with Crippen LogP contribution in [-0.2, 0) is 0 Å². The number of benzene rings is 1. The molecule has 23 heavy (non-hydrogen) atoms. The number of anilines is 1. The highest BCUT2D eigenvalue weighted by molar-refractivity contribution is 6.30. The van der Waals surface area contributed by atoms with Crippen LogP contribution in [0.1, 0.15) is 17.3 Å². The van der Waals surface area contributed by atoms with Crippen molar-refractivity contribution in [3.05, 3.63) is 52.9 Å². The zero-order valence-corrected chi connectivity index (χ0v) is 14.1. The molecule has 0 aliphatic carbocycles. The van der Waals surface area contributed by atoms with Gasteiger partial charge < -0.3 is 10.2 Å². The first kappa shape index (κ1) is 15.7. The Balaban J connectivity index is 1.83. The number of hydrogen-bond donors (Lipinski definition) is 1. The van der Waals surface area contributed by atoms with E-state index in [9.17, 15) is 0 Å². The van der Waals surface area contributed by atoms with E-state index >= 15 is 0 Å². The maximum atomic E-state index is 5.98. The number of hydrogen-bond acceptors (Lipinski definition) is 5. The van der Waals surface area contributed by atoms with Crippen LogP contribution in [-0.4, -0.2) is 45.1 Å². The molecule has 2 heterocycles. The summed E-state index contributed by atoms with van der Waals surface area (Å²) in [7, 11) is 4.12. The van der Waals surface area contributed by atoms with Gasteiger partial charge in [-0.1, -0.05) is 23.7 Å². The highest BCUT2D eigenvalue weighted by Crippen LogP contribution is 2.21. The molecule has 0 bridgehead atoms. The van der Waals surface area contributed by atoms with Crippen LogP contribution in [0.2, 0.25) is 5.02 Å². The van der Waals surface area contributed by atoms with Crippen LogP contribution in [0, 0.1) is 6.92 Å². The van der Waals surface area contributed by atoms with Crippen molar-refractivity contribution < 1.29 is 0 Å². The first-order chi connectivity index (χ1) is 11.0. The number of likely N-dealkylation sites (N-methyl/N-ethyl adjacent to an activating group) is 1. The van der Waals surface area contributed by atoms with Gasteiger partial charge in [-0.15, -0.1) is 0 Å². The number of fused-ring (bicyclic) bond motifs is 1. The maximum absolute atomic E-state index is 5.98. The zero-order chi connectivity index (χ0) is 16.4. The molecule has 120 valence electrons. The summed E-state index contributed by atoms with van der Waals surface area (Å²) in [5.74, 6) is 1.48. The Hall–Kier alpha value is -2.18. The standard InChI is InChI=1S/C16H19ClN6/c1-11-8-15(23-16(21-11)19-10-20-23)18-9-14(22(2)3)12-4-6-13(17)7-5-12/h4-8,10,14,18H,9H2,1-3H3. The van der Waals surface area contributed by atoms with Gasteiger partial charge in [-0.2, -0.15) is 14.6 Å². The Morgan fingerprint density at radius 1 is 1.26 bits per heavy atom. The summed E-state index contributed by atoms with van der Waals surface area (Å²) in [5, 5.41) is 8.42. The number of aryl methyl sites for hydroxylation is 1. The van der Waals surface area contributed by atoms with Gasteiger partial charge in [0.2, 0.25) is 0 Å². The van der Waals surface area contributed by atoms with Crippen LogP contribution in [0.3, 0.4) is 0 Å². The van der Waals surface area contributed by atoms with Crippen molar-refractivity contribution in [1.29, 1.82) is 0 Å². The van der Waals surface area contributed by atoms with Crippen LogP contribution in [0.5, 0.6) is 0 Å².